The van der Waals surface area contributed by atoms with Crippen molar-refractivity contribution in [1.29, 1.82) is 0 Å². The zero-order valence-corrected chi connectivity index (χ0v) is 12.2. The molecule has 0 N–H and O–H groups in total. The van der Waals surface area contributed by atoms with E-state index in [0.29, 0.717) is 6.37 Å². The summed E-state index contributed by atoms with van der Waals surface area (Å²) in [7, 11) is 0. The SMILES string of the molecule is Fc1ccc(-c2nn(PI)cc2Br)cc1. The first-order valence-electron chi connectivity index (χ1n) is 4.08. The molecule has 0 radical (unpaired) electrons. The monoisotopic (exact) mass is 398 g/mol. The van der Waals surface area contributed by atoms with E-state index >= 15 is 0 Å². The number of benzene rings is 1. The lowest BCUT2D eigenvalue weighted by atomic mass is 10.1. The van der Waals surface area contributed by atoms with Gasteiger partial charge in [-0.3, -0.25) is 0 Å². The average Bonchev–Trinajstić information content (AvgIpc) is 2.61. The molecular formula is C9H6BrFIN2P. The molecule has 0 spiro atoms. The van der Waals surface area contributed by atoms with Gasteiger partial charge in [0.15, 0.2) is 0 Å². The smallest absolute Gasteiger partial charge is 0.123 e. The summed E-state index contributed by atoms with van der Waals surface area (Å²) >= 11 is 5.69. The van der Waals surface area contributed by atoms with Gasteiger partial charge in [-0.05, 0) is 62.2 Å². The maximum Gasteiger partial charge on any atom is 0.123 e. The van der Waals surface area contributed by atoms with Crippen molar-refractivity contribution in [1.82, 2.24) is 9.55 Å². The van der Waals surface area contributed by atoms with Crippen LogP contribution >= 0.6 is 44.3 Å². The molecule has 0 amide bonds. The Kier molecular flexibility index (Phi) is 3.74. The fourth-order valence-corrected chi connectivity index (χ4v) is 2.95. The molecule has 1 unspecified atom stereocenters. The molecule has 0 aliphatic rings. The normalized spacial score (nSPS) is 11.4. The molecule has 1 atom stereocenters. The van der Waals surface area contributed by atoms with Gasteiger partial charge in [0.1, 0.15) is 11.5 Å². The quantitative estimate of drug-likeness (QED) is 0.546. The molecule has 2 nitrogen and oxygen atoms in total. The zero-order chi connectivity index (χ0) is 10.8. The number of hydrogen-bond acceptors (Lipinski definition) is 1. The summed E-state index contributed by atoms with van der Waals surface area (Å²) < 4.78 is 15.5. The second-order valence-electron chi connectivity index (χ2n) is 2.86. The van der Waals surface area contributed by atoms with E-state index in [0.717, 1.165) is 15.7 Å². The first kappa shape index (κ1) is 11.5. The molecule has 0 saturated heterocycles. The fraction of sp³-hybridized carbons (Fsp3) is 0. The van der Waals surface area contributed by atoms with E-state index in [2.05, 4.69) is 43.1 Å². The van der Waals surface area contributed by atoms with Gasteiger partial charge in [-0.2, -0.15) is 5.10 Å². The molecule has 6 heteroatoms. The molecular weight excluding hydrogens is 393 g/mol. The first-order chi connectivity index (χ1) is 7.20. The highest BCUT2D eigenvalue weighted by molar-refractivity contribution is 14.2. The minimum absolute atomic E-state index is 0.231. The number of aromatic nitrogens is 2. The van der Waals surface area contributed by atoms with Crippen molar-refractivity contribution in [3.05, 3.63) is 40.8 Å². The predicted octanol–water partition coefficient (Wildman–Crippen LogP) is 4.24. The van der Waals surface area contributed by atoms with Crippen molar-refractivity contribution < 1.29 is 4.39 Å². The molecule has 0 fully saturated rings. The predicted molar refractivity (Wildman–Crippen MR) is 73.1 cm³/mol. The lowest BCUT2D eigenvalue weighted by molar-refractivity contribution is 0.628. The highest BCUT2D eigenvalue weighted by Crippen LogP contribution is 2.31. The molecule has 2 rings (SSSR count). The Morgan fingerprint density at radius 2 is 2.00 bits per heavy atom. The third-order valence-electron chi connectivity index (χ3n) is 1.87. The van der Waals surface area contributed by atoms with Crippen LogP contribution in [0.3, 0.4) is 0 Å². The van der Waals surface area contributed by atoms with Gasteiger partial charge in [0, 0.05) is 11.8 Å². The van der Waals surface area contributed by atoms with Crippen LogP contribution in [0.4, 0.5) is 4.39 Å². The molecule has 1 aromatic heterocycles. The maximum atomic E-state index is 12.7. The van der Waals surface area contributed by atoms with E-state index in [4.69, 9.17) is 0 Å². The largest absolute Gasteiger partial charge is 0.244 e. The Balaban J connectivity index is 2.44. The average molecular weight is 399 g/mol. The first-order valence-corrected chi connectivity index (χ1v) is 8.94. The Bertz CT molecular complexity index is 471. The van der Waals surface area contributed by atoms with Crippen LogP contribution in [0.5, 0.6) is 0 Å². The Morgan fingerprint density at radius 1 is 1.33 bits per heavy atom. The Labute approximate surface area is 110 Å². The van der Waals surface area contributed by atoms with Crippen LogP contribution in [0, 0.1) is 5.82 Å². The number of nitrogens with zero attached hydrogens (tertiary/aromatic N) is 2. The van der Waals surface area contributed by atoms with Crippen LogP contribution in [0.25, 0.3) is 11.3 Å². The van der Waals surface area contributed by atoms with Crippen LogP contribution in [-0.2, 0) is 0 Å². The van der Waals surface area contributed by atoms with Crippen molar-refractivity contribution in [3.63, 3.8) is 0 Å². The van der Waals surface area contributed by atoms with Crippen molar-refractivity contribution in [2.45, 2.75) is 0 Å². The third kappa shape index (κ3) is 2.57. The summed E-state index contributed by atoms with van der Waals surface area (Å²) in [6, 6.07) is 6.33. The Morgan fingerprint density at radius 3 is 2.53 bits per heavy atom. The van der Waals surface area contributed by atoms with Gasteiger partial charge in [-0.1, -0.05) is 0 Å². The minimum Gasteiger partial charge on any atom is -0.244 e. The topological polar surface area (TPSA) is 17.8 Å². The van der Waals surface area contributed by atoms with Crippen molar-refractivity contribution in [2.24, 2.45) is 0 Å². The van der Waals surface area contributed by atoms with E-state index < -0.39 is 0 Å². The van der Waals surface area contributed by atoms with Gasteiger partial charge < -0.3 is 0 Å². The van der Waals surface area contributed by atoms with Gasteiger partial charge in [0.05, 0.1) is 10.8 Å². The van der Waals surface area contributed by atoms with Crippen molar-refractivity contribution in [3.8, 4) is 11.3 Å². The van der Waals surface area contributed by atoms with E-state index in [1.54, 1.807) is 12.1 Å². The van der Waals surface area contributed by atoms with Crippen LogP contribution in [0.1, 0.15) is 0 Å². The molecule has 1 heterocycles. The summed E-state index contributed by atoms with van der Waals surface area (Å²) in [5.74, 6) is -0.231. The summed E-state index contributed by atoms with van der Waals surface area (Å²) in [5.41, 5.74) is 1.76. The van der Waals surface area contributed by atoms with Crippen LogP contribution in [-0.4, -0.2) is 9.55 Å². The molecule has 1 aromatic carbocycles. The van der Waals surface area contributed by atoms with Gasteiger partial charge in [-0.25, -0.2) is 8.84 Å². The van der Waals surface area contributed by atoms with Gasteiger partial charge in [0.25, 0.3) is 0 Å². The molecule has 0 aliphatic heterocycles. The number of hydrogen-bond donors (Lipinski definition) is 0. The summed E-state index contributed by atoms with van der Waals surface area (Å²) in [5, 5.41) is 4.38. The van der Waals surface area contributed by atoms with E-state index in [1.165, 1.54) is 12.1 Å². The third-order valence-corrected chi connectivity index (χ3v) is 4.34. The van der Waals surface area contributed by atoms with Crippen molar-refractivity contribution in [2.75, 3.05) is 0 Å². The lowest BCUT2D eigenvalue weighted by Gasteiger charge is -1.97. The highest BCUT2D eigenvalue weighted by Gasteiger charge is 2.08. The second kappa shape index (κ2) is 4.89. The molecule has 78 valence electrons. The summed E-state index contributed by atoms with van der Waals surface area (Å²) in [6.45, 7) is 0. The molecule has 2 aromatic rings. The van der Waals surface area contributed by atoms with Gasteiger partial charge >= 0.3 is 0 Å². The van der Waals surface area contributed by atoms with Crippen LogP contribution in [0.2, 0.25) is 0 Å². The number of rotatable bonds is 2. The van der Waals surface area contributed by atoms with Crippen LogP contribution in [0.15, 0.2) is 34.9 Å². The lowest BCUT2D eigenvalue weighted by Crippen LogP contribution is -1.83. The van der Waals surface area contributed by atoms with E-state index in [1.807, 2.05) is 10.6 Å². The second-order valence-corrected chi connectivity index (χ2v) is 5.79. The molecule has 0 aliphatic carbocycles. The Hall–Kier alpha value is -0.000000000000000222. The van der Waals surface area contributed by atoms with Gasteiger partial charge in [0.2, 0.25) is 0 Å². The highest BCUT2D eigenvalue weighted by atomic mass is 127. The molecule has 15 heavy (non-hydrogen) atoms. The summed E-state index contributed by atoms with van der Waals surface area (Å²) in [4.78, 5) is 0. The summed E-state index contributed by atoms with van der Waals surface area (Å²) in [6.07, 6.45) is 2.48. The molecule has 0 saturated carbocycles. The maximum absolute atomic E-state index is 12.7. The van der Waals surface area contributed by atoms with Crippen LogP contribution < -0.4 is 0 Å². The zero-order valence-electron chi connectivity index (χ0n) is 7.42. The number of halogens is 3. The van der Waals surface area contributed by atoms with Gasteiger partial charge in [-0.15, -0.1) is 0 Å². The standard InChI is InChI=1S/C9H6BrFIN2P/c10-8-5-14(15-12)13-9(8)6-1-3-7(11)4-2-6/h1-5,15H. The molecule has 0 bridgehead atoms. The fourth-order valence-electron chi connectivity index (χ4n) is 1.20. The van der Waals surface area contributed by atoms with E-state index in [9.17, 15) is 4.39 Å². The minimum atomic E-state index is -0.231. The van der Waals surface area contributed by atoms with Crippen molar-refractivity contribution >= 4 is 44.3 Å². The van der Waals surface area contributed by atoms with E-state index in [-0.39, 0.29) is 5.82 Å².